The number of nitrogens with two attached hydrogens (primary N) is 1. The van der Waals surface area contributed by atoms with Gasteiger partial charge in [-0.15, -0.1) is 0 Å². The largest absolute Gasteiger partial charge is 0.397 e. The maximum Gasteiger partial charge on any atom is 0.238 e. The number of amides is 1. The van der Waals surface area contributed by atoms with Crippen molar-refractivity contribution in [2.24, 2.45) is 5.92 Å². The van der Waals surface area contributed by atoms with Crippen molar-refractivity contribution in [3.8, 4) is 0 Å². The summed E-state index contributed by atoms with van der Waals surface area (Å²) in [5, 5.41) is 3.37. The number of hydrogen-bond acceptors (Lipinski definition) is 4. The Morgan fingerprint density at radius 1 is 1.57 bits per heavy atom. The van der Waals surface area contributed by atoms with Crippen molar-refractivity contribution in [1.29, 1.82) is 0 Å². The molecule has 1 heterocycles. The quantitative estimate of drug-likeness (QED) is 0.818. The van der Waals surface area contributed by atoms with E-state index in [1.165, 1.54) is 0 Å². The molecule has 0 saturated carbocycles. The molecule has 0 aromatic heterocycles. The van der Waals surface area contributed by atoms with Crippen LogP contribution in [0.2, 0.25) is 5.02 Å². The Morgan fingerprint density at radius 2 is 2.38 bits per heavy atom. The van der Waals surface area contributed by atoms with Crippen LogP contribution in [0, 0.1) is 5.92 Å². The van der Waals surface area contributed by atoms with Crippen molar-refractivity contribution in [1.82, 2.24) is 4.90 Å². The lowest BCUT2D eigenvalue weighted by Gasteiger charge is -2.26. The van der Waals surface area contributed by atoms with Crippen LogP contribution in [0.4, 0.5) is 11.4 Å². The van der Waals surface area contributed by atoms with Crippen molar-refractivity contribution in [2.45, 2.75) is 12.8 Å². The first-order valence-corrected chi connectivity index (χ1v) is 7.53. The first-order chi connectivity index (χ1) is 10.0. The summed E-state index contributed by atoms with van der Waals surface area (Å²) in [7, 11) is 1.94. The molecule has 0 radical (unpaired) electrons. The average molecular weight is 312 g/mol. The number of hydrogen-bond donors (Lipinski definition) is 2. The highest BCUT2D eigenvalue weighted by atomic mass is 35.5. The van der Waals surface area contributed by atoms with Gasteiger partial charge in [0, 0.05) is 18.2 Å². The predicted octanol–water partition coefficient (Wildman–Crippen LogP) is 2.22. The normalized spacial score (nSPS) is 18.7. The summed E-state index contributed by atoms with van der Waals surface area (Å²) < 4.78 is 5.45. The van der Waals surface area contributed by atoms with Crippen LogP contribution in [-0.4, -0.2) is 44.2 Å². The fourth-order valence-electron chi connectivity index (χ4n) is 2.54. The molecule has 21 heavy (non-hydrogen) atoms. The highest BCUT2D eigenvalue weighted by Gasteiger charge is 2.17. The Kier molecular flexibility index (Phi) is 5.85. The average Bonchev–Trinajstić information content (AvgIpc) is 2.43. The lowest BCUT2D eigenvalue weighted by molar-refractivity contribution is -0.117. The SMILES string of the molecule is CN(CC(=O)Nc1ccc(Cl)cc1N)CC1CCCOC1. The number of rotatable bonds is 5. The van der Waals surface area contributed by atoms with Gasteiger partial charge < -0.3 is 15.8 Å². The summed E-state index contributed by atoms with van der Waals surface area (Å²) in [6.07, 6.45) is 2.27. The van der Waals surface area contributed by atoms with Gasteiger partial charge in [0.2, 0.25) is 5.91 Å². The van der Waals surface area contributed by atoms with E-state index in [0.29, 0.717) is 28.9 Å². The highest BCUT2D eigenvalue weighted by molar-refractivity contribution is 6.31. The molecule has 0 spiro atoms. The number of nitrogens with zero attached hydrogens (tertiary/aromatic N) is 1. The summed E-state index contributed by atoms with van der Waals surface area (Å²) in [5.74, 6) is 0.431. The van der Waals surface area contributed by atoms with Crippen LogP contribution in [0.3, 0.4) is 0 Å². The van der Waals surface area contributed by atoms with E-state index in [0.717, 1.165) is 32.6 Å². The van der Waals surface area contributed by atoms with E-state index < -0.39 is 0 Å². The molecule has 1 fully saturated rings. The van der Waals surface area contributed by atoms with E-state index >= 15 is 0 Å². The number of nitrogens with one attached hydrogen (secondary N) is 1. The number of carbonyl (C=O) groups excluding carboxylic acids is 1. The van der Waals surface area contributed by atoms with Crippen LogP contribution in [0.15, 0.2) is 18.2 Å². The van der Waals surface area contributed by atoms with Gasteiger partial charge in [-0.25, -0.2) is 0 Å². The van der Waals surface area contributed by atoms with Gasteiger partial charge in [0.05, 0.1) is 24.5 Å². The monoisotopic (exact) mass is 311 g/mol. The van der Waals surface area contributed by atoms with Gasteiger partial charge >= 0.3 is 0 Å². The molecule has 1 aromatic carbocycles. The number of anilines is 2. The van der Waals surface area contributed by atoms with Gasteiger partial charge in [-0.2, -0.15) is 0 Å². The van der Waals surface area contributed by atoms with Crippen molar-refractivity contribution in [3.63, 3.8) is 0 Å². The Hall–Kier alpha value is -1.30. The summed E-state index contributed by atoms with van der Waals surface area (Å²) in [4.78, 5) is 14.0. The molecule has 6 heteroatoms. The molecule has 3 N–H and O–H groups in total. The number of halogens is 1. The maximum absolute atomic E-state index is 12.0. The Morgan fingerprint density at radius 3 is 3.05 bits per heavy atom. The van der Waals surface area contributed by atoms with Crippen LogP contribution >= 0.6 is 11.6 Å². The Labute approximate surface area is 130 Å². The van der Waals surface area contributed by atoms with E-state index in [-0.39, 0.29) is 5.91 Å². The van der Waals surface area contributed by atoms with Crippen molar-refractivity contribution in [3.05, 3.63) is 23.2 Å². The molecule has 0 aliphatic carbocycles. The van der Waals surface area contributed by atoms with E-state index in [4.69, 9.17) is 22.1 Å². The van der Waals surface area contributed by atoms with Gasteiger partial charge in [0.25, 0.3) is 0 Å². The molecule has 1 saturated heterocycles. The van der Waals surface area contributed by atoms with Crippen LogP contribution in [-0.2, 0) is 9.53 Å². The third kappa shape index (κ3) is 5.19. The second-order valence-corrected chi connectivity index (χ2v) is 6.00. The minimum atomic E-state index is -0.0803. The smallest absolute Gasteiger partial charge is 0.238 e. The van der Waals surface area contributed by atoms with Gasteiger partial charge in [0.15, 0.2) is 0 Å². The van der Waals surface area contributed by atoms with E-state index in [9.17, 15) is 4.79 Å². The number of carbonyl (C=O) groups is 1. The third-order valence-electron chi connectivity index (χ3n) is 3.53. The molecule has 1 amide bonds. The summed E-state index contributed by atoms with van der Waals surface area (Å²) >= 11 is 5.83. The number of benzene rings is 1. The van der Waals surface area contributed by atoms with Crippen LogP contribution in [0.25, 0.3) is 0 Å². The highest BCUT2D eigenvalue weighted by Crippen LogP contribution is 2.22. The molecular formula is C15H22ClN3O2. The van der Waals surface area contributed by atoms with Crippen LogP contribution in [0.1, 0.15) is 12.8 Å². The molecule has 1 aromatic rings. The molecule has 5 nitrogen and oxygen atoms in total. The fourth-order valence-corrected chi connectivity index (χ4v) is 2.72. The van der Waals surface area contributed by atoms with Crippen molar-refractivity contribution in [2.75, 3.05) is 44.4 Å². The van der Waals surface area contributed by atoms with Crippen molar-refractivity contribution >= 4 is 28.9 Å². The van der Waals surface area contributed by atoms with Gasteiger partial charge in [-0.3, -0.25) is 9.69 Å². The second kappa shape index (κ2) is 7.64. The van der Waals surface area contributed by atoms with Crippen LogP contribution in [0.5, 0.6) is 0 Å². The standard InChI is InChI=1S/C15H22ClN3O2/c1-19(8-11-3-2-6-21-10-11)9-15(20)18-14-5-4-12(16)7-13(14)17/h4-5,7,11H,2-3,6,8-10,17H2,1H3,(H,18,20). The van der Waals surface area contributed by atoms with E-state index in [1.54, 1.807) is 18.2 Å². The zero-order valence-corrected chi connectivity index (χ0v) is 13.0. The van der Waals surface area contributed by atoms with Crippen LogP contribution < -0.4 is 11.1 Å². The predicted molar refractivity (Wildman–Crippen MR) is 85.5 cm³/mol. The summed E-state index contributed by atoms with van der Waals surface area (Å²) in [5.41, 5.74) is 6.89. The van der Waals surface area contributed by atoms with E-state index in [2.05, 4.69) is 5.32 Å². The van der Waals surface area contributed by atoms with Crippen molar-refractivity contribution < 1.29 is 9.53 Å². The molecule has 0 bridgehead atoms. The maximum atomic E-state index is 12.0. The topological polar surface area (TPSA) is 67.6 Å². The van der Waals surface area contributed by atoms with Gasteiger partial charge in [-0.05, 0) is 44.0 Å². The number of ether oxygens (including phenoxy) is 1. The van der Waals surface area contributed by atoms with Gasteiger partial charge in [0.1, 0.15) is 0 Å². The Bertz CT molecular complexity index is 490. The summed E-state index contributed by atoms with van der Waals surface area (Å²) in [6, 6.07) is 5.04. The lowest BCUT2D eigenvalue weighted by Crippen LogP contribution is -2.36. The molecule has 116 valence electrons. The minimum Gasteiger partial charge on any atom is -0.397 e. The molecule has 1 aliphatic rings. The molecular weight excluding hydrogens is 290 g/mol. The second-order valence-electron chi connectivity index (χ2n) is 5.56. The Balaban J connectivity index is 1.80. The first-order valence-electron chi connectivity index (χ1n) is 7.16. The lowest BCUT2D eigenvalue weighted by atomic mass is 10.0. The zero-order chi connectivity index (χ0) is 15.2. The molecule has 1 unspecified atom stereocenters. The number of likely N-dealkylation sites (N-methyl/N-ethyl adjacent to an activating group) is 1. The minimum absolute atomic E-state index is 0.0803. The molecule has 1 atom stereocenters. The van der Waals surface area contributed by atoms with Gasteiger partial charge in [-0.1, -0.05) is 11.6 Å². The fraction of sp³-hybridized carbons (Fsp3) is 0.533. The third-order valence-corrected chi connectivity index (χ3v) is 3.76. The van der Waals surface area contributed by atoms with E-state index in [1.807, 2.05) is 11.9 Å². The molecule has 1 aliphatic heterocycles. The number of nitrogen functional groups attached to an aromatic ring is 1. The summed E-state index contributed by atoms with van der Waals surface area (Å²) in [6.45, 7) is 2.84. The molecule has 2 rings (SSSR count). The first kappa shape index (κ1) is 16.1. The zero-order valence-electron chi connectivity index (χ0n) is 12.3.